The molecule has 2 aromatic rings. The molecule has 4 atom stereocenters. The summed E-state index contributed by atoms with van der Waals surface area (Å²) in [7, 11) is 0. The third kappa shape index (κ3) is 2.57. The fourth-order valence-electron chi connectivity index (χ4n) is 2.30. The van der Waals surface area contributed by atoms with Gasteiger partial charge in [-0.15, -0.1) is 5.10 Å². The summed E-state index contributed by atoms with van der Waals surface area (Å²) >= 11 is 2.07. The van der Waals surface area contributed by atoms with Gasteiger partial charge in [-0.1, -0.05) is 35.5 Å². The largest absolute Gasteiger partial charge is 0.394 e. The van der Waals surface area contributed by atoms with Crippen molar-refractivity contribution in [3.8, 4) is 11.3 Å². The molecule has 1 saturated heterocycles. The van der Waals surface area contributed by atoms with E-state index in [-0.39, 0.29) is 6.61 Å². The first-order chi connectivity index (χ1) is 10.1. The van der Waals surface area contributed by atoms with E-state index in [0.717, 1.165) is 5.56 Å². The second-order valence-electron chi connectivity index (χ2n) is 4.77. The molecule has 3 rings (SSSR count). The number of halogens is 1. The number of aliphatic hydroxyl groups is 3. The predicted molar refractivity (Wildman–Crippen MR) is 81.2 cm³/mol. The van der Waals surface area contributed by atoms with Crippen LogP contribution in [0.3, 0.4) is 0 Å². The Morgan fingerprint density at radius 1 is 1.19 bits per heavy atom. The third-order valence-electron chi connectivity index (χ3n) is 3.44. The molecule has 1 aromatic heterocycles. The van der Waals surface area contributed by atoms with Gasteiger partial charge in [0.15, 0.2) is 6.23 Å². The van der Waals surface area contributed by atoms with Crippen LogP contribution in [0.2, 0.25) is 0 Å². The molecule has 1 fully saturated rings. The lowest BCUT2D eigenvalue weighted by Crippen LogP contribution is -2.33. The average molecular weight is 403 g/mol. The zero-order chi connectivity index (χ0) is 15.0. The van der Waals surface area contributed by atoms with E-state index in [0.29, 0.717) is 9.39 Å². The highest BCUT2D eigenvalue weighted by atomic mass is 127. The molecule has 1 aliphatic rings. The lowest BCUT2D eigenvalue weighted by molar-refractivity contribution is -0.0606. The van der Waals surface area contributed by atoms with Gasteiger partial charge < -0.3 is 20.1 Å². The zero-order valence-electron chi connectivity index (χ0n) is 10.9. The molecule has 0 amide bonds. The van der Waals surface area contributed by atoms with E-state index in [2.05, 4.69) is 32.9 Å². The van der Waals surface area contributed by atoms with E-state index in [1.807, 2.05) is 30.3 Å². The Hall–Kier alpha value is -1.07. The summed E-state index contributed by atoms with van der Waals surface area (Å²) in [6.45, 7) is -0.369. The number of aliphatic hydroxyl groups excluding tert-OH is 3. The zero-order valence-corrected chi connectivity index (χ0v) is 13.0. The quantitative estimate of drug-likeness (QED) is 0.632. The van der Waals surface area contributed by atoms with Crippen molar-refractivity contribution in [1.29, 1.82) is 0 Å². The average Bonchev–Trinajstić information content (AvgIpc) is 3.02. The van der Waals surface area contributed by atoms with Crippen molar-refractivity contribution in [3.63, 3.8) is 0 Å². The Labute approximate surface area is 134 Å². The molecule has 112 valence electrons. The Bertz CT molecular complexity index is 621. The van der Waals surface area contributed by atoms with Crippen molar-refractivity contribution in [2.24, 2.45) is 0 Å². The van der Waals surface area contributed by atoms with Crippen molar-refractivity contribution >= 4 is 22.6 Å². The number of hydrogen-bond acceptors (Lipinski definition) is 6. The van der Waals surface area contributed by atoms with Crippen LogP contribution in [0, 0.1) is 3.70 Å². The molecule has 0 unspecified atom stereocenters. The summed E-state index contributed by atoms with van der Waals surface area (Å²) in [5.41, 5.74) is 1.58. The molecule has 8 heteroatoms. The van der Waals surface area contributed by atoms with Gasteiger partial charge in [0.1, 0.15) is 27.7 Å². The van der Waals surface area contributed by atoms with Crippen LogP contribution in [0.1, 0.15) is 6.23 Å². The van der Waals surface area contributed by atoms with Crippen molar-refractivity contribution < 1.29 is 20.1 Å². The minimum absolute atomic E-state index is 0.369. The highest BCUT2D eigenvalue weighted by Gasteiger charge is 2.44. The maximum atomic E-state index is 10.0. The van der Waals surface area contributed by atoms with Crippen LogP contribution in [0.25, 0.3) is 11.3 Å². The van der Waals surface area contributed by atoms with Gasteiger partial charge in [-0.05, 0) is 22.6 Å². The topological polar surface area (TPSA) is 101 Å². The fraction of sp³-hybridized carbons (Fsp3) is 0.385. The molecule has 0 spiro atoms. The van der Waals surface area contributed by atoms with Gasteiger partial charge in [-0.2, -0.15) is 0 Å². The molecule has 1 aliphatic heterocycles. The van der Waals surface area contributed by atoms with E-state index in [1.165, 1.54) is 4.68 Å². The number of rotatable bonds is 3. The van der Waals surface area contributed by atoms with Gasteiger partial charge in [0.05, 0.1) is 6.61 Å². The molecule has 0 radical (unpaired) electrons. The Kier molecular flexibility index (Phi) is 4.22. The van der Waals surface area contributed by atoms with E-state index in [9.17, 15) is 10.2 Å². The number of benzene rings is 1. The molecular formula is C13H14IN3O4. The lowest BCUT2D eigenvalue weighted by atomic mass is 10.1. The molecule has 0 aliphatic carbocycles. The van der Waals surface area contributed by atoms with Crippen molar-refractivity contribution in [3.05, 3.63) is 34.0 Å². The van der Waals surface area contributed by atoms with E-state index in [1.54, 1.807) is 0 Å². The van der Waals surface area contributed by atoms with Crippen LogP contribution in [-0.4, -0.2) is 55.2 Å². The molecule has 2 heterocycles. The first kappa shape index (κ1) is 14.9. The SMILES string of the molecule is OC[C@H]1O[C@@H](n2nnc(-c3ccccc3)c2I)[C@H](O)[C@@H]1O. The normalized spacial score (nSPS) is 29.0. The summed E-state index contributed by atoms with van der Waals surface area (Å²) in [5, 5.41) is 37.1. The summed E-state index contributed by atoms with van der Waals surface area (Å²) in [5.74, 6) is 0. The van der Waals surface area contributed by atoms with Gasteiger partial charge in [0.2, 0.25) is 0 Å². The van der Waals surface area contributed by atoms with E-state index >= 15 is 0 Å². The standard InChI is InChI=1S/C13H14IN3O4/c14-12-9(7-4-2-1-3-5-7)15-16-17(12)13-11(20)10(19)8(6-18)21-13/h1-5,8,10-11,13,18-20H,6H2/t8-,10-,11-,13-/m1/s1. The molecule has 3 N–H and O–H groups in total. The number of hydrogen-bond donors (Lipinski definition) is 3. The maximum Gasteiger partial charge on any atom is 0.182 e. The van der Waals surface area contributed by atoms with Crippen LogP contribution >= 0.6 is 22.6 Å². The van der Waals surface area contributed by atoms with Crippen LogP contribution in [-0.2, 0) is 4.74 Å². The molecule has 7 nitrogen and oxygen atoms in total. The minimum atomic E-state index is -1.17. The van der Waals surface area contributed by atoms with Crippen molar-refractivity contribution in [1.82, 2.24) is 15.0 Å². The van der Waals surface area contributed by atoms with Crippen LogP contribution < -0.4 is 0 Å². The monoisotopic (exact) mass is 403 g/mol. The summed E-state index contributed by atoms with van der Waals surface area (Å²) in [4.78, 5) is 0. The van der Waals surface area contributed by atoms with Gasteiger partial charge in [-0.25, -0.2) is 4.68 Å². The minimum Gasteiger partial charge on any atom is -0.394 e. The molecular weight excluding hydrogens is 389 g/mol. The Balaban J connectivity index is 1.93. The fourth-order valence-corrected chi connectivity index (χ4v) is 3.09. The maximum absolute atomic E-state index is 10.0. The third-order valence-corrected chi connectivity index (χ3v) is 4.45. The first-order valence-corrected chi connectivity index (χ1v) is 7.50. The molecule has 1 aromatic carbocycles. The first-order valence-electron chi connectivity index (χ1n) is 6.42. The van der Waals surface area contributed by atoms with Gasteiger partial charge in [0, 0.05) is 5.56 Å². The van der Waals surface area contributed by atoms with Crippen LogP contribution in [0.5, 0.6) is 0 Å². The second-order valence-corrected chi connectivity index (χ2v) is 5.79. The van der Waals surface area contributed by atoms with Crippen LogP contribution in [0.15, 0.2) is 30.3 Å². The smallest absolute Gasteiger partial charge is 0.182 e. The van der Waals surface area contributed by atoms with E-state index in [4.69, 9.17) is 9.84 Å². The Morgan fingerprint density at radius 3 is 2.52 bits per heavy atom. The summed E-state index contributed by atoms with van der Waals surface area (Å²) in [6, 6.07) is 9.53. The molecule has 0 bridgehead atoms. The highest BCUT2D eigenvalue weighted by Crippen LogP contribution is 2.32. The predicted octanol–water partition coefficient (Wildman–Crippen LogP) is 0.161. The Morgan fingerprint density at radius 2 is 1.90 bits per heavy atom. The number of nitrogens with zero attached hydrogens (tertiary/aromatic N) is 3. The van der Waals surface area contributed by atoms with Gasteiger partial charge >= 0.3 is 0 Å². The highest BCUT2D eigenvalue weighted by molar-refractivity contribution is 14.1. The molecule has 21 heavy (non-hydrogen) atoms. The summed E-state index contributed by atoms with van der Waals surface area (Å²) in [6.07, 6.45) is -4.01. The van der Waals surface area contributed by atoms with Crippen molar-refractivity contribution in [2.45, 2.75) is 24.5 Å². The number of aromatic nitrogens is 3. The number of ether oxygens (including phenoxy) is 1. The lowest BCUT2D eigenvalue weighted by Gasteiger charge is -2.15. The summed E-state index contributed by atoms with van der Waals surface area (Å²) < 4.78 is 7.57. The van der Waals surface area contributed by atoms with Gasteiger partial charge in [-0.3, -0.25) is 0 Å². The second kappa shape index (κ2) is 5.97. The molecule has 0 saturated carbocycles. The van der Waals surface area contributed by atoms with Gasteiger partial charge in [0.25, 0.3) is 0 Å². The van der Waals surface area contributed by atoms with E-state index < -0.39 is 24.5 Å². The van der Waals surface area contributed by atoms with Crippen LogP contribution in [0.4, 0.5) is 0 Å². The van der Waals surface area contributed by atoms with Crippen molar-refractivity contribution in [2.75, 3.05) is 6.61 Å².